The van der Waals surface area contributed by atoms with Gasteiger partial charge in [-0.25, -0.2) is 4.68 Å². The number of hydrogen-bond donors (Lipinski definition) is 0. The van der Waals surface area contributed by atoms with E-state index >= 15 is 0 Å². The van der Waals surface area contributed by atoms with E-state index in [0.29, 0.717) is 16.8 Å². The lowest BCUT2D eigenvalue weighted by atomic mass is 9.91. The second-order valence-corrected chi connectivity index (χ2v) is 10.6. The van der Waals surface area contributed by atoms with Gasteiger partial charge in [0.1, 0.15) is 17.4 Å². The first kappa shape index (κ1) is 28.3. The molecule has 1 atom stereocenters. The summed E-state index contributed by atoms with van der Waals surface area (Å²) in [7, 11) is 0. The lowest BCUT2D eigenvalue weighted by Gasteiger charge is -2.32. The van der Waals surface area contributed by atoms with Gasteiger partial charge in [-0.15, -0.1) is 0 Å². The summed E-state index contributed by atoms with van der Waals surface area (Å²) in [4.78, 5) is 28.6. The van der Waals surface area contributed by atoms with Crippen molar-refractivity contribution in [2.45, 2.75) is 46.8 Å². The maximum absolute atomic E-state index is 14.0. The van der Waals surface area contributed by atoms with Crippen LogP contribution >= 0.6 is 0 Å². The lowest BCUT2D eigenvalue weighted by Crippen LogP contribution is -2.44. The fourth-order valence-electron chi connectivity index (χ4n) is 5.10. The Balaban J connectivity index is 1.67. The maximum atomic E-state index is 14.0. The van der Waals surface area contributed by atoms with Gasteiger partial charge in [0.05, 0.1) is 23.5 Å². The third kappa shape index (κ3) is 5.39. The smallest absolute Gasteiger partial charge is 0.272 e. The van der Waals surface area contributed by atoms with Crippen molar-refractivity contribution >= 4 is 17.9 Å². The number of para-hydroxylation sites is 1. The van der Waals surface area contributed by atoms with Crippen LogP contribution in [0, 0.1) is 18.3 Å². The number of nitrogens with zero attached hydrogens (tertiary/aromatic N) is 4. The molecule has 1 aliphatic rings. The van der Waals surface area contributed by atoms with Gasteiger partial charge in [0, 0.05) is 22.9 Å². The molecule has 7 heteroatoms. The Morgan fingerprint density at radius 1 is 0.905 bits per heavy atom. The normalized spacial score (nSPS) is 15.4. The molecule has 1 unspecified atom stereocenters. The summed E-state index contributed by atoms with van der Waals surface area (Å²) in [5, 5.41) is 14.9. The van der Waals surface area contributed by atoms with Crippen molar-refractivity contribution in [3.63, 3.8) is 0 Å². The fourth-order valence-corrected chi connectivity index (χ4v) is 5.10. The van der Waals surface area contributed by atoms with Gasteiger partial charge in [-0.2, -0.15) is 10.4 Å². The van der Waals surface area contributed by atoms with Crippen LogP contribution in [-0.2, 0) is 9.59 Å². The summed E-state index contributed by atoms with van der Waals surface area (Å²) >= 11 is 0. The summed E-state index contributed by atoms with van der Waals surface area (Å²) in [6, 6.07) is 26.4. The molecule has 0 fully saturated rings. The van der Waals surface area contributed by atoms with E-state index in [9.17, 15) is 14.9 Å². The van der Waals surface area contributed by atoms with Crippen molar-refractivity contribution in [3.8, 4) is 28.8 Å². The van der Waals surface area contributed by atoms with Crippen LogP contribution < -0.4 is 4.74 Å². The Kier molecular flexibility index (Phi) is 7.90. The number of imide groups is 1. The van der Waals surface area contributed by atoms with Gasteiger partial charge >= 0.3 is 0 Å². The second kappa shape index (κ2) is 11.7. The van der Waals surface area contributed by atoms with Crippen LogP contribution in [0.5, 0.6) is 5.75 Å². The van der Waals surface area contributed by atoms with Crippen LogP contribution in [0.2, 0.25) is 0 Å². The third-order valence-electron chi connectivity index (χ3n) is 7.32. The number of nitriles is 1. The molecule has 2 heterocycles. The first-order valence-electron chi connectivity index (χ1n) is 13.9. The number of rotatable bonds is 7. The predicted molar refractivity (Wildman–Crippen MR) is 163 cm³/mol. The lowest BCUT2D eigenvalue weighted by molar-refractivity contribution is -0.143. The van der Waals surface area contributed by atoms with Crippen LogP contribution in [0.3, 0.4) is 0 Å². The van der Waals surface area contributed by atoms with Gasteiger partial charge in [-0.3, -0.25) is 14.5 Å². The van der Waals surface area contributed by atoms with E-state index < -0.39 is 17.9 Å². The van der Waals surface area contributed by atoms with Crippen LogP contribution in [0.15, 0.2) is 102 Å². The minimum atomic E-state index is -0.593. The summed E-state index contributed by atoms with van der Waals surface area (Å²) in [6.45, 7) is 9.39. The molecule has 0 aliphatic carbocycles. The van der Waals surface area contributed by atoms with Crippen molar-refractivity contribution in [3.05, 3.63) is 118 Å². The van der Waals surface area contributed by atoms with E-state index in [2.05, 4.69) is 0 Å². The molecule has 4 aromatic rings. The molecule has 0 bridgehead atoms. The number of ether oxygens (including phenoxy) is 1. The molecule has 42 heavy (non-hydrogen) atoms. The Labute approximate surface area is 246 Å². The zero-order valence-electron chi connectivity index (χ0n) is 24.3. The highest BCUT2D eigenvalue weighted by Gasteiger charge is 2.39. The minimum absolute atomic E-state index is 0.0393. The Morgan fingerprint density at radius 3 is 2.19 bits per heavy atom. The van der Waals surface area contributed by atoms with Crippen molar-refractivity contribution in [1.29, 1.82) is 5.26 Å². The van der Waals surface area contributed by atoms with Crippen LogP contribution in [0.4, 0.5) is 0 Å². The largest absolute Gasteiger partial charge is 0.491 e. The van der Waals surface area contributed by atoms with Gasteiger partial charge in [0.25, 0.3) is 11.8 Å². The van der Waals surface area contributed by atoms with E-state index in [4.69, 9.17) is 9.84 Å². The standard InChI is InChI=1S/C35H32N4O3/c1-22(2)42-32-17-16-27(18-23(32)3)33-28(21-38(37-33)29-14-10-7-11-15-29)19-30-24(4)31(20-36)35(41)39(34(30)40)25(5)26-12-8-6-9-13-26/h6-19,21-22,25H,1-5H3/b30-19+. The summed E-state index contributed by atoms with van der Waals surface area (Å²) in [5.74, 6) is -0.256. The van der Waals surface area contributed by atoms with Gasteiger partial charge in [0.15, 0.2) is 0 Å². The molecule has 5 rings (SSSR count). The van der Waals surface area contributed by atoms with Crippen LogP contribution in [0.25, 0.3) is 23.0 Å². The predicted octanol–water partition coefficient (Wildman–Crippen LogP) is 6.99. The van der Waals surface area contributed by atoms with E-state index in [0.717, 1.165) is 28.1 Å². The van der Waals surface area contributed by atoms with Crippen molar-refractivity contribution < 1.29 is 14.3 Å². The van der Waals surface area contributed by atoms with Crippen LogP contribution in [0.1, 0.15) is 50.4 Å². The van der Waals surface area contributed by atoms with E-state index in [1.165, 1.54) is 4.90 Å². The molecular weight excluding hydrogens is 524 g/mol. The first-order valence-corrected chi connectivity index (χ1v) is 13.9. The van der Waals surface area contributed by atoms with Crippen molar-refractivity contribution in [2.24, 2.45) is 0 Å². The molecule has 0 radical (unpaired) electrons. The Morgan fingerprint density at radius 2 is 1.57 bits per heavy atom. The molecule has 1 aliphatic heterocycles. The number of carbonyl (C=O) groups excluding carboxylic acids is 2. The molecule has 3 aromatic carbocycles. The summed E-state index contributed by atoms with van der Waals surface area (Å²) < 4.78 is 7.71. The highest BCUT2D eigenvalue weighted by Crippen LogP contribution is 2.35. The van der Waals surface area contributed by atoms with E-state index in [-0.39, 0.29) is 17.3 Å². The molecular formula is C35H32N4O3. The van der Waals surface area contributed by atoms with Gasteiger partial charge in [-0.1, -0.05) is 48.5 Å². The molecule has 0 saturated heterocycles. The van der Waals surface area contributed by atoms with E-state index in [1.54, 1.807) is 24.6 Å². The molecule has 7 nitrogen and oxygen atoms in total. The molecule has 210 valence electrons. The van der Waals surface area contributed by atoms with Gasteiger partial charge < -0.3 is 4.74 Å². The average Bonchev–Trinajstić information content (AvgIpc) is 3.41. The fraction of sp³-hybridized carbons (Fsp3) is 0.200. The molecule has 0 saturated carbocycles. The van der Waals surface area contributed by atoms with Gasteiger partial charge in [-0.05, 0) is 87.7 Å². The first-order chi connectivity index (χ1) is 20.2. The van der Waals surface area contributed by atoms with Gasteiger partial charge in [0.2, 0.25) is 0 Å². The molecule has 0 N–H and O–H groups in total. The zero-order chi connectivity index (χ0) is 30.0. The highest BCUT2D eigenvalue weighted by atomic mass is 16.5. The summed E-state index contributed by atoms with van der Waals surface area (Å²) in [5.41, 5.74) is 5.37. The minimum Gasteiger partial charge on any atom is -0.491 e. The molecule has 0 spiro atoms. The highest BCUT2D eigenvalue weighted by molar-refractivity contribution is 6.20. The number of aromatic nitrogens is 2. The van der Waals surface area contributed by atoms with Crippen LogP contribution in [-0.4, -0.2) is 32.6 Å². The molecule has 2 amide bonds. The number of benzene rings is 3. The number of aryl methyl sites for hydroxylation is 1. The zero-order valence-corrected chi connectivity index (χ0v) is 24.3. The SMILES string of the molecule is CC1=C(C#N)C(=O)N(C(C)c2ccccc2)C(=O)/C1=C/c1cn(-c2ccccc2)nc1-c1ccc(OC(C)C)c(C)c1. The Hall–Kier alpha value is -5.22. The summed E-state index contributed by atoms with van der Waals surface area (Å²) in [6.07, 6.45) is 3.64. The average molecular weight is 557 g/mol. The number of amides is 2. The second-order valence-electron chi connectivity index (χ2n) is 10.6. The quantitative estimate of drug-likeness (QED) is 0.181. The molecule has 1 aromatic heterocycles. The maximum Gasteiger partial charge on any atom is 0.272 e. The van der Waals surface area contributed by atoms with Crippen molar-refractivity contribution in [2.75, 3.05) is 0 Å². The number of carbonyl (C=O) groups is 2. The van der Waals surface area contributed by atoms with E-state index in [1.807, 2.05) is 112 Å². The topological polar surface area (TPSA) is 88.2 Å². The monoisotopic (exact) mass is 556 g/mol. The van der Waals surface area contributed by atoms with Crippen molar-refractivity contribution in [1.82, 2.24) is 14.7 Å². The number of hydrogen-bond acceptors (Lipinski definition) is 5. The third-order valence-corrected chi connectivity index (χ3v) is 7.32. The Bertz CT molecular complexity index is 1760.